The number of rotatable bonds is 5. The van der Waals surface area contributed by atoms with Gasteiger partial charge in [-0.25, -0.2) is 4.98 Å². The van der Waals surface area contributed by atoms with E-state index < -0.39 is 10.8 Å². The fraction of sp³-hybridized carbons (Fsp3) is 0.250. The van der Waals surface area contributed by atoms with Crippen LogP contribution in [0.25, 0.3) is 0 Å². The molecule has 0 aliphatic carbocycles. The molecule has 0 saturated carbocycles. The van der Waals surface area contributed by atoms with Crippen molar-refractivity contribution in [2.75, 3.05) is 12.3 Å². The number of aromatic nitrogens is 1. The molecule has 2 N–H and O–H groups in total. The number of hydrogen-bond donors (Lipinski definition) is 1. The van der Waals surface area contributed by atoms with Crippen molar-refractivity contribution in [3.05, 3.63) is 34.8 Å². The van der Waals surface area contributed by atoms with E-state index in [1.165, 1.54) is 11.3 Å². The molecule has 1 atom stereocenters. The molecule has 2 aromatic rings. The van der Waals surface area contributed by atoms with Crippen molar-refractivity contribution in [1.29, 1.82) is 0 Å². The Morgan fingerprint density at radius 1 is 1.50 bits per heavy atom. The van der Waals surface area contributed by atoms with Crippen molar-refractivity contribution in [2.24, 2.45) is 0 Å². The van der Waals surface area contributed by atoms with Crippen LogP contribution in [0.4, 0.5) is 5.69 Å². The Kier molecular flexibility index (Phi) is 4.33. The normalized spacial score (nSPS) is 12.3. The maximum absolute atomic E-state index is 12.2. The van der Waals surface area contributed by atoms with Gasteiger partial charge in [-0.1, -0.05) is 0 Å². The van der Waals surface area contributed by atoms with Gasteiger partial charge in [0.2, 0.25) is 0 Å². The summed E-state index contributed by atoms with van der Waals surface area (Å²) in [5, 5.41) is 2.71. The van der Waals surface area contributed by atoms with Gasteiger partial charge in [0.1, 0.15) is 10.8 Å². The Balaban J connectivity index is 2.20. The first-order valence-electron chi connectivity index (χ1n) is 5.49. The maximum atomic E-state index is 12.2. The summed E-state index contributed by atoms with van der Waals surface area (Å²) in [6.07, 6.45) is 1.71. The first-order valence-corrected chi connectivity index (χ1v) is 7.69. The Hall–Kier alpha value is -1.40. The highest BCUT2D eigenvalue weighted by Crippen LogP contribution is 2.25. The minimum absolute atomic E-state index is 0.386. The average Bonchev–Trinajstić information content (AvgIpc) is 2.84. The second-order valence-electron chi connectivity index (χ2n) is 3.55. The van der Waals surface area contributed by atoms with Crippen molar-refractivity contribution in [1.82, 2.24) is 4.98 Å². The van der Waals surface area contributed by atoms with Gasteiger partial charge in [-0.05, 0) is 25.1 Å². The van der Waals surface area contributed by atoms with Crippen LogP contribution in [0, 0.1) is 0 Å². The van der Waals surface area contributed by atoms with Crippen LogP contribution in [0.2, 0.25) is 0 Å². The maximum Gasteiger partial charge on any atom is 0.120 e. The van der Waals surface area contributed by atoms with Crippen molar-refractivity contribution in [3.8, 4) is 5.75 Å². The molecule has 0 amide bonds. The number of thiazole rings is 1. The van der Waals surface area contributed by atoms with Crippen LogP contribution < -0.4 is 10.5 Å². The number of anilines is 1. The van der Waals surface area contributed by atoms with E-state index >= 15 is 0 Å². The molecular formula is C12H14N2O2S2. The highest BCUT2D eigenvalue weighted by atomic mass is 32.2. The zero-order valence-corrected chi connectivity index (χ0v) is 11.6. The highest BCUT2D eigenvalue weighted by molar-refractivity contribution is 7.84. The molecule has 0 aliphatic heterocycles. The van der Waals surface area contributed by atoms with Gasteiger partial charge in [0.05, 0.1) is 28.1 Å². The predicted octanol–water partition coefficient (Wildman–Crippen LogP) is 2.43. The molecule has 6 heteroatoms. The van der Waals surface area contributed by atoms with Gasteiger partial charge in [0.25, 0.3) is 0 Å². The minimum Gasteiger partial charge on any atom is -0.494 e. The summed E-state index contributed by atoms with van der Waals surface area (Å²) < 4.78 is 17.6. The minimum atomic E-state index is -1.20. The van der Waals surface area contributed by atoms with Gasteiger partial charge in [0, 0.05) is 17.3 Å². The highest BCUT2D eigenvalue weighted by Gasteiger charge is 2.11. The van der Waals surface area contributed by atoms with Crippen LogP contribution in [0.1, 0.15) is 11.9 Å². The van der Waals surface area contributed by atoms with Gasteiger partial charge >= 0.3 is 0 Å². The van der Waals surface area contributed by atoms with E-state index in [-0.39, 0.29) is 0 Å². The smallest absolute Gasteiger partial charge is 0.120 e. The SMILES string of the molecule is CCOc1ccc(N)c(S(=O)Cc2nccs2)c1. The van der Waals surface area contributed by atoms with Crippen LogP contribution in [0.15, 0.2) is 34.7 Å². The largest absolute Gasteiger partial charge is 0.494 e. The summed E-state index contributed by atoms with van der Waals surface area (Å²) in [4.78, 5) is 4.73. The zero-order chi connectivity index (χ0) is 13.0. The number of ether oxygens (including phenoxy) is 1. The Bertz CT molecular complexity index is 541. The second kappa shape index (κ2) is 5.97. The van der Waals surface area contributed by atoms with Crippen LogP contribution in [0.3, 0.4) is 0 Å². The molecular weight excluding hydrogens is 268 g/mol. The molecule has 0 saturated heterocycles. The summed E-state index contributed by atoms with van der Waals surface area (Å²) in [6, 6.07) is 5.24. The number of benzene rings is 1. The zero-order valence-electron chi connectivity index (χ0n) is 9.96. The molecule has 2 rings (SSSR count). The van der Waals surface area contributed by atoms with Crippen LogP contribution in [0.5, 0.6) is 5.75 Å². The van der Waals surface area contributed by atoms with E-state index in [1.54, 1.807) is 24.4 Å². The standard InChI is InChI=1S/C12H14N2O2S2/c1-2-16-9-3-4-10(13)11(7-9)18(15)8-12-14-5-6-17-12/h3-7H,2,8,13H2,1H3. The lowest BCUT2D eigenvalue weighted by Gasteiger charge is -2.08. The molecule has 1 unspecified atom stereocenters. The van der Waals surface area contributed by atoms with Gasteiger partial charge in [-0.2, -0.15) is 0 Å². The lowest BCUT2D eigenvalue weighted by Crippen LogP contribution is -2.02. The molecule has 4 nitrogen and oxygen atoms in total. The van der Waals surface area contributed by atoms with E-state index in [1.807, 2.05) is 12.3 Å². The Morgan fingerprint density at radius 3 is 3.00 bits per heavy atom. The van der Waals surface area contributed by atoms with Crippen molar-refractivity contribution in [2.45, 2.75) is 17.6 Å². The number of hydrogen-bond acceptors (Lipinski definition) is 5. The van der Waals surface area contributed by atoms with Gasteiger partial charge in [-0.3, -0.25) is 4.21 Å². The van der Waals surface area contributed by atoms with E-state index in [4.69, 9.17) is 10.5 Å². The summed E-state index contributed by atoms with van der Waals surface area (Å²) in [6.45, 7) is 2.48. The van der Waals surface area contributed by atoms with Gasteiger partial charge in [0.15, 0.2) is 0 Å². The molecule has 0 fully saturated rings. The predicted molar refractivity (Wildman–Crippen MR) is 74.2 cm³/mol. The molecule has 96 valence electrons. The molecule has 0 bridgehead atoms. The second-order valence-corrected chi connectivity index (χ2v) is 5.95. The molecule has 0 aliphatic rings. The first-order chi connectivity index (χ1) is 8.70. The third-order valence-electron chi connectivity index (χ3n) is 2.28. The number of nitrogens with zero attached hydrogens (tertiary/aromatic N) is 1. The lowest BCUT2D eigenvalue weighted by molar-refractivity contribution is 0.339. The third-order valence-corrected chi connectivity index (χ3v) is 4.62. The van der Waals surface area contributed by atoms with Crippen LogP contribution in [-0.2, 0) is 16.6 Å². The van der Waals surface area contributed by atoms with Gasteiger partial charge in [-0.15, -0.1) is 11.3 Å². The summed E-state index contributed by atoms with van der Waals surface area (Å²) in [7, 11) is -1.20. The third kappa shape index (κ3) is 3.08. The molecule has 1 aromatic heterocycles. The van der Waals surface area contributed by atoms with E-state index in [0.717, 1.165) is 5.01 Å². The van der Waals surface area contributed by atoms with Crippen molar-refractivity contribution < 1.29 is 8.95 Å². The van der Waals surface area contributed by atoms with Crippen molar-refractivity contribution in [3.63, 3.8) is 0 Å². The van der Waals surface area contributed by atoms with E-state index in [0.29, 0.717) is 28.7 Å². The summed E-state index contributed by atoms with van der Waals surface area (Å²) >= 11 is 1.49. The fourth-order valence-electron chi connectivity index (χ4n) is 1.48. The number of nitrogens with two attached hydrogens (primary N) is 1. The van der Waals surface area contributed by atoms with Crippen LogP contribution >= 0.6 is 11.3 Å². The fourth-order valence-corrected chi connectivity index (χ4v) is 3.51. The summed E-state index contributed by atoms with van der Waals surface area (Å²) in [5.74, 6) is 1.08. The van der Waals surface area contributed by atoms with Crippen molar-refractivity contribution >= 4 is 27.8 Å². The van der Waals surface area contributed by atoms with E-state index in [2.05, 4.69) is 4.98 Å². The average molecular weight is 282 g/mol. The van der Waals surface area contributed by atoms with Gasteiger partial charge < -0.3 is 10.5 Å². The first kappa shape index (κ1) is 13.0. The Labute approximate surface area is 112 Å². The molecule has 1 aromatic carbocycles. The quantitative estimate of drug-likeness (QED) is 0.855. The molecule has 0 spiro atoms. The summed E-state index contributed by atoms with van der Waals surface area (Å²) in [5.41, 5.74) is 6.37. The Morgan fingerprint density at radius 2 is 2.33 bits per heavy atom. The molecule has 1 heterocycles. The molecule has 0 radical (unpaired) electrons. The number of nitrogen functional groups attached to an aromatic ring is 1. The van der Waals surface area contributed by atoms with E-state index in [9.17, 15) is 4.21 Å². The van der Waals surface area contributed by atoms with Crippen LogP contribution in [-0.4, -0.2) is 15.8 Å². The lowest BCUT2D eigenvalue weighted by atomic mass is 10.3. The monoisotopic (exact) mass is 282 g/mol. The molecule has 18 heavy (non-hydrogen) atoms. The topological polar surface area (TPSA) is 65.2 Å².